The molecule has 0 aliphatic carbocycles. The van der Waals surface area contributed by atoms with Crippen LogP contribution in [-0.4, -0.2) is 25.7 Å². The molecule has 3 rings (SSSR count). The zero-order valence-corrected chi connectivity index (χ0v) is 16.6. The number of nitrogens with zero attached hydrogens (tertiary/aromatic N) is 4. The molecule has 0 unspecified atom stereocenters. The predicted octanol–water partition coefficient (Wildman–Crippen LogP) is 4.14. The minimum atomic E-state index is -0.417. The molecular weight excluding hydrogens is 413 g/mol. The Morgan fingerprint density at radius 3 is 2.52 bits per heavy atom. The summed E-state index contributed by atoms with van der Waals surface area (Å²) >= 11 is 3.28. The molecule has 1 aromatic carbocycles. The van der Waals surface area contributed by atoms with Crippen LogP contribution in [-0.2, 0) is 4.79 Å². The van der Waals surface area contributed by atoms with E-state index < -0.39 is 11.7 Å². The maximum absolute atomic E-state index is 13.8. The van der Waals surface area contributed by atoms with Crippen LogP contribution in [0, 0.1) is 26.6 Å². The normalized spacial score (nSPS) is 11.1. The maximum atomic E-state index is 13.8. The minimum absolute atomic E-state index is 0.307. The average Bonchev–Trinajstić information content (AvgIpc) is 2.95. The summed E-state index contributed by atoms with van der Waals surface area (Å²) in [5, 5.41) is 7.08. The Balaban J connectivity index is 1.84. The zero-order valence-electron chi connectivity index (χ0n) is 15.0. The van der Waals surface area contributed by atoms with Gasteiger partial charge in [-0.15, -0.1) is 0 Å². The van der Waals surface area contributed by atoms with E-state index in [1.165, 1.54) is 22.9 Å². The summed E-state index contributed by atoms with van der Waals surface area (Å²) in [5.74, 6) is -0.0218. The Bertz CT molecular complexity index is 1020. The standard InChI is InChI=1S/C19H17BrFN5O/c1-11-8-12(2)23-19(22-11)26-17(9-13(3)25-26)24-18(27)7-4-14-10-15(20)5-6-16(14)21/h4-10H,1-3H3,(H,24,27)/b7-4+. The Hall–Kier alpha value is -2.87. The van der Waals surface area contributed by atoms with E-state index >= 15 is 0 Å². The highest BCUT2D eigenvalue weighted by Crippen LogP contribution is 2.18. The summed E-state index contributed by atoms with van der Waals surface area (Å²) in [4.78, 5) is 21.0. The average molecular weight is 430 g/mol. The second-order valence-corrected chi connectivity index (χ2v) is 6.94. The summed E-state index contributed by atoms with van der Waals surface area (Å²) in [7, 11) is 0. The lowest BCUT2D eigenvalue weighted by molar-refractivity contribution is -0.111. The number of benzene rings is 1. The third-order valence-electron chi connectivity index (χ3n) is 3.62. The third kappa shape index (κ3) is 4.65. The molecule has 6 nitrogen and oxygen atoms in total. The number of halogens is 2. The molecule has 8 heteroatoms. The van der Waals surface area contributed by atoms with Gasteiger partial charge >= 0.3 is 0 Å². The van der Waals surface area contributed by atoms with Gasteiger partial charge in [0.25, 0.3) is 5.95 Å². The number of aromatic nitrogens is 4. The quantitative estimate of drug-likeness (QED) is 0.632. The Kier molecular flexibility index (Phi) is 5.46. The van der Waals surface area contributed by atoms with Gasteiger partial charge in [-0.3, -0.25) is 4.79 Å². The number of rotatable bonds is 4. The van der Waals surface area contributed by atoms with Crippen molar-refractivity contribution in [2.45, 2.75) is 20.8 Å². The van der Waals surface area contributed by atoms with E-state index in [2.05, 4.69) is 36.3 Å². The molecule has 0 radical (unpaired) electrons. The highest BCUT2D eigenvalue weighted by atomic mass is 79.9. The molecule has 0 spiro atoms. The molecule has 0 saturated carbocycles. The largest absolute Gasteiger partial charge is 0.307 e. The van der Waals surface area contributed by atoms with Crippen LogP contribution in [0.5, 0.6) is 0 Å². The van der Waals surface area contributed by atoms with Gasteiger partial charge < -0.3 is 5.32 Å². The lowest BCUT2D eigenvalue weighted by atomic mass is 10.2. The topological polar surface area (TPSA) is 72.7 Å². The summed E-state index contributed by atoms with van der Waals surface area (Å²) in [6.07, 6.45) is 2.68. The SMILES string of the molecule is Cc1cc(C)nc(-n2nc(C)cc2NC(=O)/C=C/c2cc(Br)ccc2F)n1. The fourth-order valence-electron chi connectivity index (χ4n) is 2.52. The van der Waals surface area contributed by atoms with E-state index in [-0.39, 0.29) is 0 Å². The fourth-order valence-corrected chi connectivity index (χ4v) is 2.90. The van der Waals surface area contributed by atoms with E-state index in [1.54, 1.807) is 18.2 Å². The number of hydrogen-bond acceptors (Lipinski definition) is 4. The van der Waals surface area contributed by atoms with Crippen molar-refractivity contribution >= 4 is 33.7 Å². The number of carbonyl (C=O) groups is 1. The second kappa shape index (κ2) is 7.79. The van der Waals surface area contributed by atoms with Crippen LogP contribution >= 0.6 is 15.9 Å². The molecule has 0 bridgehead atoms. The number of aryl methyl sites for hydroxylation is 3. The highest BCUT2D eigenvalue weighted by molar-refractivity contribution is 9.10. The molecule has 0 aliphatic rings. The van der Waals surface area contributed by atoms with Crippen molar-refractivity contribution in [1.29, 1.82) is 0 Å². The molecule has 138 valence electrons. The van der Waals surface area contributed by atoms with E-state index in [4.69, 9.17) is 0 Å². The zero-order chi connectivity index (χ0) is 19.6. The number of hydrogen-bond donors (Lipinski definition) is 1. The van der Waals surface area contributed by atoms with Crippen molar-refractivity contribution in [2.75, 3.05) is 5.32 Å². The van der Waals surface area contributed by atoms with Crippen molar-refractivity contribution in [3.63, 3.8) is 0 Å². The van der Waals surface area contributed by atoms with Crippen LogP contribution < -0.4 is 5.32 Å². The Labute approximate surface area is 164 Å². The monoisotopic (exact) mass is 429 g/mol. The van der Waals surface area contributed by atoms with Crippen molar-refractivity contribution in [1.82, 2.24) is 19.7 Å². The van der Waals surface area contributed by atoms with Crippen molar-refractivity contribution in [3.05, 3.63) is 69.3 Å². The number of anilines is 1. The molecule has 2 heterocycles. The lowest BCUT2D eigenvalue weighted by Gasteiger charge is -2.07. The Morgan fingerprint density at radius 1 is 1.11 bits per heavy atom. The highest BCUT2D eigenvalue weighted by Gasteiger charge is 2.12. The van der Waals surface area contributed by atoms with Gasteiger partial charge in [0.15, 0.2) is 0 Å². The molecular formula is C19H17BrFN5O. The van der Waals surface area contributed by atoms with E-state index in [0.717, 1.165) is 15.9 Å². The second-order valence-electron chi connectivity index (χ2n) is 6.02. The van der Waals surface area contributed by atoms with Crippen molar-refractivity contribution in [3.8, 4) is 5.95 Å². The molecule has 0 aliphatic heterocycles. The van der Waals surface area contributed by atoms with Crippen molar-refractivity contribution < 1.29 is 9.18 Å². The number of nitrogens with one attached hydrogen (secondary N) is 1. The van der Waals surface area contributed by atoms with Crippen LogP contribution in [0.15, 0.2) is 40.9 Å². The van der Waals surface area contributed by atoms with Crippen LogP contribution in [0.3, 0.4) is 0 Å². The molecule has 27 heavy (non-hydrogen) atoms. The van der Waals surface area contributed by atoms with Gasteiger partial charge in [-0.2, -0.15) is 9.78 Å². The Morgan fingerprint density at radius 2 is 1.81 bits per heavy atom. The summed E-state index contributed by atoms with van der Waals surface area (Å²) < 4.78 is 16.0. The van der Waals surface area contributed by atoms with Crippen molar-refractivity contribution in [2.24, 2.45) is 0 Å². The minimum Gasteiger partial charge on any atom is -0.307 e. The molecule has 3 aromatic rings. The fraction of sp³-hybridized carbons (Fsp3) is 0.158. The first-order valence-corrected chi connectivity index (χ1v) is 8.94. The van der Waals surface area contributed by atoms with Gasteiger partial charge in [0, 0.05) is 33.6 Å². The summed E-state index contributed by atoms with van der Waals surface area (Å²) in [5.41, 5.74) is 2.61. The van der Waals surface area contributed by atoms with Crippen LogP contribution in [0.1, 0.15) is 22.6 Å². The molecule has 0 atom stereocenters. The summed E-state index contributed by atoms with van der Waals surface area (Å²) in [6.45, 7) is 5.53. The first-order valence-electron chi connectivity index (χ1n) is 8.15. The summed E-state index contributed by atoms with van der Waals surface area (Å²) in [6, 6.07) is 8.09. The molecule has 0 fully saturated rings. The molecule has 2 aromatic heterocycles. The van der Waals surface area contributed by atoms with E-state index in [1.807, 2.05) is 26.8 Å². The molecule has 0 saturated heterocycles. The van der Waals surface area contributed by atoms with Gasteiger partial charge in [0.1, 0.15) is 11.6 Å². The third-order valence-corrected chi connectivity index (χ3v) is 4.11. The first-order chi connectivity index (χ1) is 12.8. The smallest absolute Gasteiger partial charge is 0.252 e. The van der Waals surface area contributed by atoms with Gasteiger partial charge in [0.05, 0.1) is 5.69 Å². The predicted molar refractivity (Wildman–Crippen MR) is 105 cm³/mol. The lowest BCUT2D eigenvalue weighted by Crippen LogP contribution is -2.14. The van der Waals surface area contributed by atoms with Gasteiger partial charge in [-0.1, -0.05) is 15.9 Å². The molecule has 1 amide bonds. The van der Waals surface area contributed by atoms with E-state index in [9.17, 15) is 9.18 Å². The molecule has 1 N–H and O–H groups in total. The van der Waals surface area contributed by atoms with Crippen LogP contribution in [0.4, 0.5) is 10.2 Å². The number of amides is 1. The number of carbonyl (C=O) groups excluding carboxylic acids is 1. The van der Waals surface area contributed by atoms with Gasteiger partial charge in [-0.25, -0.2) is 14.4 Å². The maximum Gasteiger partial charge on any atom is 0.252 e. The van der Waals surface area contributed by atoms with E-state index in [0.29, 0.717) is 23.0 Å². The first kappa shape index (κ1) is 18.9. The van der Waals surface area contributed by atoms with Gasteiger partial charge in [0.2, 0.25) is 5.91 Å². The van der Waals surface area contributed by atoms with Crippen LogP contribution in [0.2, 0.25) is 0 Å². The van der Waals surface area contributed by atoms with Crippen LogP contribution in [0.25, 0.3) is 12.0 Å². The van der Waals surface area contributed by atoms with Gasteiger partial charge in [-0.05, 0) is 51.1 Å².